The summed E-state index contributed by atoms with van der Waals surface area (Å²) in [7, 11) is 0. The third-order valence-electron chi connectivity index (χ3n) is 2.59. The predicted molar refractivity (Wildman–Crippen MR) is 84.7 cm³/mol. The lowest BCUT2D eigenvalue weighted by molar-refractivity contribution is 0.0528. The average molecular weight is 291 g/mol. The molecule has 0 saturated carbocycles. The van der Waals surface area contributed by atoms with Crippen molar-refractivity contribution in [2.75, 3.05) is 13.2 Å². The molecule has 1 amide bonds. The maximum Gasteiger partial charge on any atom is 0.407 e. The van der Waals surface area contributed by atoms with Crippen molar-refractivity contribution in [3.63, 3.8) is 0 Å². The Morgan fingerprint density at radius 2 is 1.90 bits per heavy atom. The number of hydrogen-bond acceptors (Lipinski definition) is 3. The number of allylic oxidation sites excluding steroid dienone is 1. The summed E-state index contributed by atoms with van der Waals surface area (Å²) in [6.45, 7) is 8.63. The van der Waals surface area contributed by atoms with E-state index in [1.165, 1.54) is 0 Å². The Morgan fingerprint density at radius 3 is 2.48 bits per heavy atom. The summed E-state index contributed by atoms with van der Waals surface area (Å²) in [4.78, 5) is 11.5. The fourth-order valence-electron chi connectivity index (χ4n) is 1.62. The molecule has 0 unspecified atom stereocenters. The first-order valence-electron chi connectivity index (χ1n) is 7.20. The minimum atomic E-state index is -0.462. The quantitative estimate of drug-likeness (QED) is 0.813. The molecule has 1 rings (SSSR count). The Balaban J connectivity index is 2.31. The first kappa shape index (κ1) is 17.1. The smallest absolute Gasteiger partial charge is 0.407 e. The molecule has 0 bridgehead atoms. The van der Waals surface area contributed by atoms with Crippen LogP contribution in [0.4, 0.5) is 4.79 Å². The van der Waals surface area contributed by atoms with Gasteiger partial charge in [-0.1, -0.05) is 24.3 Å². The van der Waals surface area contributed by atoms with Crippen LogP contribution >= 0.6 is 0 Å². The summed E-state index contributed by atoms with van der Waals surface area (Å²) >= 11 is 0. The maximum atomic E-state index is 11.5. The first-order valence-corrected chi connectivity index (χ1v) is 7.20. The van der Waals surface area contributed by atoms with Crippen LogP contribution in [0.3, 0.4) is 0 Å². The van der Waals surface area contributed by atoms with E-state index in [9.17, 15) is 4.79 Å². The minimum Gasteiger partial charge on any atom is -0.490 e. The number of nitrogens with one attached hydrogen (secondary N) is 1. The number of alkyl carbamates (subject to hydrolysis) is 1. The lowest BCUT2D eigenvalue weighted by Gasteiger charge is -2.19. The second-order valence-corrected chi connectivity index (χ2v) is 5.70. The molecule has 0 aliphatic rings. The predicted octanol–water partition coefficient (Wildman–Crippen LogP) is 3.71. The largest absolute Gasteiger partial charge is 0.490 e. The van der Waals surface area contributed by atoms with E-state index >= 15 is 0 Å². The standard InChI is InChI=1S/C17H25NO3/c1-5-6-13-20-15-9-7-14(8-10-15)11-12-18-16(19)21-17(2,3)4/h5-10H,11-13H2,1-4H3,(H,18,19)/b6-5-. The topological polar surface area (TPSA) is 47.6 Å². The number of carbonyl (C=O) groups is 1. The molecule has 0 spiro atoms. The Morgan fingerprint density at radius 1 is 1.24 bits per heavy atom. The minimum absolute atomic E-state index is 0.381. The van der Waals surface area contributed by atoms with Gasteiger partial charge in [0.25, 0.3) is 0 Å². The van der Waals surface area contributed by atoms with E-state index in [0.29, 0.717) is 13.2 Å². The molecular weight excluding hydrogens is 266 g/mol. The Kier molecular flexibility index (Phi) is 6.79. The molecule has 116 valence electrons. The van der Waals surface area contributed by atoms with Gasteiger partial charge in [-0.15, -0.1) is 0 Å². The molecule has 0 aliphatic carbocycles. The first-order chi connectivity index (χ1) is 9.90. The third-order valence-corrected chi connectivity index (χ3v) is 2.59. The van der Waals surface area contributed by atoms with E-state index < -0.39 is 5.60 Å². The van der Waals surface area contributed by atoms with Gasteiger partial charge in [0.1, 0.15) is 18.0 Å². The van der Waals surface area contributed by atoms with Crippen molar-refractivity contribution in [3.8, 4) is 5.75 Å². The monoisotopic (exact) mass is 291 g/mol. The van der Waals surface area contributed by atoms with Crippen LogP contribution in [0.2, 0.25) is 0 Å². The molecule has 0 aromatic heterocycles. The van der Waals surface area contributed by atoms with Gasteiger partial charge in [-0.3, -0.25) is 0 Å². The van der Waals surface area contributed by atoms with E-state index in [0.717, 1.165) is 17.7 Å². The van der Waals surface area contributed by atoms with E-state index in [1.54, 1.807) is 0 Å². The Hall–Kier alpha value is -1.97. The molecule has 21 heavy (non-hydrogen) atoms. The molecule has 0 atom stereocenters. The SMILES string of the molecule is C/C=C\COc1ccc(CCNC(=O)OC(C)(C)C)cc1. The highest BCUT2D eigenvalue weighted by molar-refractivity contribution is 5.67. The van der Waals surface area contributed by atoms with Crippen molar-refractivity contribution < 1.29 is 14.3 Å². The van der Waals surface area contributed by atoms with Crippen LogP contribution in [-0.4, -0.2) is 24.8 Å². The van der Waals surface area contributed by atoms with E-state index in [1.807, 2.05) is 64.1 Å². The second kappa shape index (κ2) is 8.35. The van der Waals surface area contributed by atoms with E-state index in [4.69, 9.17) is 9.47 Å². The van der Waals surface area contributed by atoms with Crippen molar-refractivity contribution in [2.45, 2.75) is 39.7 Å². The van der Waals surface area contributed by atoms with Crippen LogP contribution < -0.4 is 10.1 Å². The summed E-state index contributed by atoms with van der Waals surface area (Å²) in [5, 5.41) is 2.74. The molecule has 0 aliphatic heterocycles. The maximum absolute atomic E-state index is 11.5. The number of carbonyl (C=O) groups excluding carboxylic acids is 1. The molecule has 1 aromatic rings. The lowest BCUT2D eigenvalue weighted by Crippen LogP contribution is -2.33. The zero-order chi connectivity index (χ0) is 15.7. The zero-order valence-electron chi connectivity index (χ0n) is 13.3. The Bertz CT molecular complexity index is 458. The van der Waals surface area contributed by atoms with Crippen LogP contribution in [0.15, 0.2) is 36.4 Å². The summed E-state index contributed by atoms with van der Waals surface area (Å²) in [6, 6.07) is 7.88. The van der Waals surface area contributed by atoms with E-state index in [-0.39, 0.29) is 6.09 Å². The number of ether oxygens (including phenoxy) is 2. The average Bonchev–Trinajstić information content (AvgIpc) is 2.39. The van der Waals surface area contributed by atoms with Gasteiger partial charge in [0.15, 0.2) is 0 Å². The molecule has 1 N–H and O–H groups in total. The van der Waals surface area contributed by atoms with Crippen LogP contribution in [0.25, 0.3) is 0 Å². The summed E-state index contributed by atoms with van der Waals surface area (Å²) in [6.07, 6.45) is 4.29. The molecule has 0 radical (unpaired) electrons. The van der Waals surface area contributed by atoms with Crippen molar-refractivity contribution >= 4 is 6.09 Å². The summed E-state index contributed by atoms with van der Waals surface area (Å²) in [5.41, 5.74) is 0.681. The lowest BCUT2D eigenvalue weighted by atomic mass is 10.1. The van der Waals surface area contributed by atoms with Crippen molar-refractivity contribution in [1.29, 1.82) is 0 Å². The van der Waals surface area contributed by atoms with E-state index in [2.05, 4.69) is 5.32 Å². The Labute approximate surface area is 127 Å². The number of rotatable bonds is 6. The molecule has 0 heterocycles. The normalized spacial score (nSPS) is 11.4. The van der Waals surface area contributed by atoms with Gasteiger partial charge >= 0.3 is 6.09 Å². The number of amides is 1. The molecule has 4 heteroatoms. The molecular formula is C17H25NO3. The van der Waals surface area contributed by atoms with Crippen molar-refractivity contribution in [1.82, 2.24) is 5.32 Å². The summed E-state index contributed by atoms with van der Waals surface area (Å²) < 4.78 is 10.7. The van der Waals surface area contributed by atoms with Gasteiger partial charge in [-0.2, -0.15) is 0 Å². The number of hydrogen-bond donors (Lipinski definition) is 1. The summed E-state index contributed by atoms with van der Waals surface area (Å²) in [5.74, 6) is 0.844. The van der Waals surface area contributed by atoms with Crippen LogP contribution in [-0.2, 0) is 11.2 Å². The fourth-order valence-corrected chi connectivity index (χ4v) is 1.62. The van der Waals surface area contributed by atoms with Gasteiger partial charge in [-0.25, -0.2) is 4.79 Å². The highest BCUT2D eigenvalue weighted by Gasteiger charge is 2.15. The highest BCUT2D eigenvalue weighted by atomic mass is 16.6. The third kappa shape index (κ3) is 8.02. The molecule has 0 saturated heterocycles. The highest BCUT2D eigenvalue weighted by Crippen LogP contribution is 2.12. The van der Waals surface area contributed by atoms with Crippen molar-refractivity contribution in [3.05, 3.63) is 42.0 Å². The van der Waals surface area contributed by atoms with Crippen LogP contribution in [0, 0.1) is 0 Å². The molecule has 0 fully saturated rings. The van der Waals surface area contributed by atoms with Gasteiger partial charge in [-0.05, 0) is 51.8 Å². The van der Waals surface area contributed by atoms with Gasteiger partial charge in [0, 0.05) is 6.54 Å². The van der Waals surface area contributed by atoms with Crippen molar-refractivity contribution in [2.24, 2.45) is 0 Å². The van der Waals surface area contributed by atoms with Gasteiger partial charge in [0.05, 0.1) is 0 Å². The fraction of sp³-hybridized carbons (Fsp3) is 0.471. The second-order valence-electron chi connectivity index (χ2n) is 5.70. The van der Waals surface area contributed by atoms with Crippen LogP contribution in [0.1, 0.15) is 33.3 Å². The zero-order valence-corrected chi connectivity index (χ0v) is 13.3. The van der Waals surface area contributed by atoms with Crippen LogP contribution in [0.5, 0.6) is 5.75 Å². The van der Waals surface area contributed by atoms with Gasteiger partial charge < -0.3 is 14.8 Å². The number of benzene rings is 1. The van der Waals surface area contributed by atoms with Gasteiger partial charge in [0.2, 0.25) is 0 Å². The molecule has 1 aromatic carbocycles. The molecule has 4 nitrogen and oxygen atoms in total.